The molecule has 1 unspecified atom stereocenters. The number of carbonyl (C=O) groups excluding carboxylic acids is 3. The van der Waals surface area contributed by atoms with Crippen LogP contribution in [0.4, 0.5) is 0 Å². The van der Waals surface area contributed by atoms with Gasteiger partial charge in [-0.3, -0.25) is 14.4 Å². The third-order valence-electron chi connectivity index (χ3n) is 13.2. The van der Waals surface area contributed by atoms with Gasteiger partial charge in [0.1, 0.15) is 13.2 Å². The van der Waals surface area contributed by atoms with Crippen molar-refractivity contribution in [3.8, 4) is 0 Å². The number of hydrogen-bond acceptors (Lipinski definition) is 6. The van der Waals surface area contributed by atoms with Crippen LogP contribution in [0.1, 0.15) is 290 Å². The first-order valence-corrected chi connectivity index (χ1v) is 31.4. The summed E-state index contributed by atoms with van der Waals surface area (Å²) in [6.45, 7) is 6.39. The Morgan fingerprint density at radius 3 is 0.813 bits per heavy atom. The van der Waals surface area contributed by atoms with Gasteiger partial charge in [0.15, 0.2) is 6.10 Å². The number of rotatable bonds is 56. The third-order valence-corrected chi connectivity index (χ3v) is 13.2. The molecule has 0 amide bonds. The smallest absolute Gasteiger partial charge is 0.306 e. The third kappa shape index (κ3) is 60.8. The van der Waals surface area contributed by atoms with E-state index < -0.39 is 6.10 Å². The van der Waals surface area contributed by atoms with Crippen LogP contribution in [-0.4, -0.2) is 37.2 Å². The fourth-order valence-corrected chi connectivity index (χ4v) is 8.60. The van der Waals surface area contributed by atoms with Crippen molar-refractivity contribution >= 4 is 17.9 Å². The molecule has 0 aromatic carbocycles. The van der Waals surface area contributed by atoms with Gasteiger partial charge in [-0.25, -0.2) is 0 Å². The van der Waals surface area contributed by atoms with Gasteiger partial charge >= 0.3 is 17.9 Å². The number of unbranched alkanes of at least 4 members (excludes halogenated alkanes) is 27. The van der Waals surface area contributed by atoms with Crippen LogP contribution in [0.3, 0.4) is 0 Å². The first-order chi connectivity index (χ1) is 37.0. The molecule has 0 radical (unpaired) electrons. The number of allylic oxidation sites excluding steroid dienone is 18. The Kier molecular flexibility index (Phi) is 59.3. The molecule has 0 fully saturated rings. The van der Waals surface area contributed by atoms with Crippen molar-refractivity contribution in [2.45, 2.75) is 297 Å². The standard InChI is InChI=1S/C69H116O6/c1-4-7-10-13-16-19-22-25-28-29-30-31-32-33-34-35-36-37-38-39-42-44-47-50-53-56-59-62-68(71)74-65-66(75-69(72)63-60-57-54-51-48-45-41-27-24-21-18-15-12-9-6-3)64-73-67(70)61-58-55-52-49-46-43-40-26-23-20-17-14-11-8-5-2/h8-9,11-12,17-18,20-22,25-27,29-30,32-33,40-41,66H,4-7,10,13-16,19,23-24,28,31,34-39,42-65H2,1-3H3/b11-8-,12-9-,20-17-,21-18-,25-22-,30-29-,33-32-,40-26-,41-27-. The van der Waals surface area contributed by atoms with Crippen LogP contribution in [0.25, 0.3) is 0 Å². The predicted molar refractivity (Wildman–Crippen MR) is 325 cm³/mol. The predicted octanol–water partition coefficient (Wildman–Crippen LogP) is 21.4. The van der Waals surface area contributed by atoms with E-state index in [1.807, 2.05) is 0 Å². The van der Waals surface area contributed by atoms with Gasteiger partial charge in [0.2, 0.25) is 0 Å². The molecule has 6 nitrogen and oxygen atoms in total. The maximum absolute atomic E-state index is 12.9. The second-order valence-electron chi connectivity index (χ2n) is 20.5. The molecular weight excluding hydrogens is 925 g/mol. The summed E-state index contributed by atoms with van der Waals surface area (Å²) in [6, 6.07) is 0. The summed E-state index contributed by atoms with van der Waals surface area (Å²) in [7, 11) is 0. The number of carbonyl (C=O) groups is 3. The van der Waals surface area contributed by atoms with Crippen LogP contribution in [0, 0.1) is 0 Å². The van der Waals surface area contributed by atoms with E-state index in [1.54, 1.807) is 0 Å². The van der Waals surface area contributed by atoms with Gasteiger partial charge in [-0.2, -0.15) is 0 Å². The molecule has 0 spiro atoms. The minimum atomic E-state index is -0.798. The molecular formula is C69H116O6. The maximum Gasteiger partial charge on any atom is 0.306 e. The van der Waals surface area contributed by atoms with Crippen LogP contribution in [-0.2, 0) is 28.6 Å². The average Bonchev–Trinajstić information content (AvgIpc) is 3.41. The van der Waals surface area contributed by atoms with Crippen LogP contribution in [0.2, 0.25) is 0 Å². The molecule has 75 heavy (non-hydrogen) atoms. The van der Waals surface area contributed by atoms with E-state index in [0.29, 0.717) is 19.3 Å². The van der Waals surface area contributed by atoms with E-state index in [4.69, 9.17) is 14.2 Å². The zero-order valence-corrected chi connectivity index (χ0v) is 49.0. The highest BCUT2D eigenvalue weighted by atomic mass is 16.6. The lowest BCUT2D eigenvalue weighted by Gasteiger charge is -2.18. The van der Waals surface area contributed by atoms with Gasteiger partial charge < -0.3 is 14.2 Å². The largest absolute Gasteiger partial charge is 0.462 e. The molecule has 0 saturated heterocycles. The Balaban J connectivity index is 4.32. The number of esters is 3. The van der Waals surface area contributed by atoms with Gasteiger partial charge in [0.05, 0.1) is 0 Å². The Labute approximate surface area is 463 Å². The topological polar surface area (TPSA) is 78.9 Å². The molecule has 1 atom stereocenters. The van der Waals surface area contributed by atoms with Gasteiger partial charge in [-0.05, 0) is 122 Å². The second-order valence-corrected chi connectivity index (χ2v) is 20.5. The van der Waals surface area contributed by atoms with Gasteiger partial charge in [-0.1, -0.05) is 259 Å². The lowest BCUT2D eigenvalue weighted by atomic mass is 10.0. The van der Waals surface area contributed by atoms with E-state index in [2.05, 4.69) is 130 Å². The Bertz CT molecular complexity index is 1520. The quantitative estimate of drug-likeness (QED) is 0.0261. The van der Waals surface area contributed by atoms with Crippen molar-refractivity contribution in [1.82, 2.24) is 0 Å². The summed E-state index contributed by atoms with van der Waals surface area (Å²) in [5, 5.41) is 0. The zero-order chi connectivity index (χ0) is 54.3. The lowest BCUT2D eigenvalue weighted by molar-refractivity contribution is -0.167. The van der Waals surface area contributed by atoms with Crippen LogP contribution >= 0.6 is 0 Å². The molecule has 0 rings (SSSR count). The fraction of sp³-hybridized carbons (Fsp3) is 0.696. The molecule has 0 heterocycles. The normalized spacial score (nSPS) is 12.8. The fourth-order valence-electron chi connectivity index (χ4n) is 8.60. The first-order valence-electron chi connectivity index (χ1n) is 31.4. The Morgan fingerprint density at radius 1 is 0.280 bits per heavy atom. The summed E-state index contributed by atoms with van der Waals surface area (Å²) in [4.78, 5) is 38.3. The van der Waals surface area contributed by atoms with Crippen molar-refractivity contribution in [2.24, 2.45) is 0 Å². The second kappa shape index (κ2) is 62.6. The monoisotopic (exact) mass is 1040 g/mol. The van der Waals surface area contributed by atoms with Crippen LogP contribution < -0.4 is 0 Å². The molecule has 0 aliphatic heterocycles. The molecule has 0 bridgehead atoms. The number of hydrogen-bond donors (Lipinski definition) is 0. The minimum Gasteiger partial charge on any atom is -0.462 e. The van der Waals surface area contributed by atoms with Gasteiger partial charge in [0.25, 0.3) is 0 Å². The van der Waals surface area contributed by atoms with Crippen molar-refractivity contribution in [2.75, 3.05) is 13.2 Å². The zero-order valence-electron chi connectivity index (χ0n) is 49.0. The van der Waals surface area contributed by atoms with Crippen molar-refractivity contribution in [3.05, 3.63) is 109 Å². The van der Waals surface area contributed by atoms with E-state index >= 15 is 0 Å². The minimum absolute atomic E-state index is 0.0925. The molecule has 0 saturated carbocycles. The highest BCUT2D eigenvalue weighted by Gasteiger charge is 2.19. The molecule has 0 aromatic heterocycles. The van der Waals surface area contributed by atoms with Crippen LogP contribution in [0.15, 0.2) is 109 Å². The molecule has 0 aliphatic carbocycles. The molecule has 0 N–H and O–H groups in total. The maximum atomic E-state index is 12.9. The molecule has 0 aliphatic rings. The van der Waals surface area contributed by atoms with E-state index in [-0.39, 0.29) is 31.1 Å². The Hall–Kier alpha value is -3.93. The van der Waals surface area contributed by atoms with Crippen LogP contribution in [0.5, 0.6) is 0 Å². The van der Waals surface area contributed by atoms with Crippen molar-refractivity contribution < 1.29 is 28.6 Å². The van der Waals surface area contributed by atoms with E-state index in [0.717, 1.165) is 148 Å². The lowest BCUT2D eigenvalue weighted by Crippen LogP contribution is -2.30. The average molecular weight is 1040 g/mol. The van der Waals surface area contributed by atoms with E-state index in [9.17, 15) is 14.4 Å². The summed E-state index contributed by atoms with van der Waals surface area (Å²) < 4.78 is 16.9. The van der Waals surface area contributed by atoms with E-state index in [1.165, 1.54) is 103 Å². The molecule has 6 heteroatoms. The number of ether oxygens (including phenoxy) is 3. The highest BCUT2D eigenvalue weighted by Crippen LogP contribution is 2.15. The summed E-state index contributed by atoms with van der Waals surface area (Å²) in [6.07, 6.45) is 85.2. The van der Waals surface area contributed by atoms with Crippen molar-refractivity contribution in [1.29, 1.82) is 0 Å². The summed E-state index contributed by atoms with van der Waals surface area (Å²) in [5.74, 6) is -0.924. The highest BCUT2D eigenvalue weighted by molar-refractivity contribution is 5.71. The molecule has 428 valence electrons. The summed E-state index contributed by atoms with van der Waals surface area (Å²) >= 11 is 0. The Morgan fingerprint density at radius 2 is 0.520 bits per heavy atom. The van der Waals surface area contributed by atoms with Gasteiger partial charge in [0, 0.05) is 19.3 Å². The SMILES string of the molecule is CC/C=C\C/C=C\C/C=C\CCCCCCCC(=O)OCC(COC(=O)CCCCCCCCCCCCCC/C=C\C/C=C\C/C=C\CCCCCCC)OC(=O)CCCCCCC/C=C\C/C=C\C/C=C\CC. The first kappa shape index (κ1) is 71.1. The van der Waals surface area contributed by atoms with Gasteiger partial charge in [-0.15, -0.1) is 0 Å². The molecule has 0 aromatic rings. The van der Waals surface area contributed by atoms with Crippen molar-refractivity contribution in [3.63, 3.8) is 0 Å². The summed E-state index contributed by atoms with van der Waals surface area (Å²) in [5.41, 5.74) is 0.